The van der Waals surface area contributed by atoms with E-state index in [2.05, 4.69) is 103 Å². The first kappa shape index (κ1) is 23.2. The molecule has 34 heavy (non-hydrogen) atoms. The van der Waals surface area contributed by atoms with Gasteiger partial charge in [0.15, 0.2) is 0 Å². The molecule has 0 unspecified atom stereocenters. The van der Waals surface area contributed by atoms with Gasteiger partial charge in [-0.2, -0.15) is 0 Å². The van der Waals surface area contributed by atoms with Crippen LogP contribution in [0.4, 0.5) is 0 Å². The molecule has 5 aromatic rings. The minimum absolute atomic E-state index is 0.123. The van der Waals surface area contributed by atoms with Crippen molar-refractivity contribution in [2.75, 3.05) is 0 Å². The van der Waals surface area contributed by atoms with E-state index in [9.17, 15) is 0 Å². The zero-order valence-corrected chi connectivity index (χ0v) is 23.4. The minimum Gasteiger partial charge on any atom is -0.235 e. The van der Waals surface area contributed by atoms with Crippen LogP contribution in [0.1, 0.15) is 51.7 Å². The van der Waals surface area contributed by atoms with Crippen molar-refractivity contribution in [1.82, 2.24) is 9.97 Å². The molecule has 3 aromatic carbocycles. The molecule has 2 nitrogen and oxygen atoms in total. The predicted octanol–water partition coefficient (Wildman–Crippen LogP) is 8.63. The van der Waals surface area contributed by atoms with Gasteiger partial charge in [0.2, 0.25) is 0 Å². The molecular weight excluding hydrogens is 448 g/mol. The van der Waals surface area contributed by atoms with Gasteiger partial charge in [0.25, 0.3) is 0 Å². The molecule has 0 aliphatic heterocycles. The third kappa shape index (κ3) is 3.97. The van der Waals surface area contributed by atoms with Crippen LogP contribution in [0.5, 0.6) is 0 Å². The summed E-state index contributed by atoms with van der Waals surface area (Å²) in [4.78, 5) is 9.52. The Morgan fingerprint density at radius 3 is 2.29 bits per heavy atom. The maximum atomic E-state index is 4.81. The third-order valence-corrected chi connectivity index (χ3v) is 10.1. The first-order valence-electron chi connectivity index (χ1n) is 12.2. The molecular formula is C30H34N2SSi. The van der Waals surface area contributed by atoms with E-state index >= 15 is 0 Å². The van der Waals surface area contributed by atoms with Gasteiger partial charge < -0.3 is 0 Å². The van der Waals surface area contributed by atoms with E-state index in [0.717, 1.165) is 11.2 Å². The van der Waals surface area contributed by atoms with Crippen LogP contribution in [0.25, 0.3) is 42.3 Å². The van der Waals surface area contributed by atoms with E-state index in [1.54, 1.807) is 6.33 Å². The standard InChI is InChI=1S/C30H34N2SSi/c1-18(2)24-14-20(13-19-9-11-22(16-25(19)24)34(6,7)8)27-29-28(32-17-31-27)23-12-10-21(30(3,4)5)15-26(23)33-29/h9-18H,1-8H3. The van der Waals surface area contributed by atoms with Crippen LogP contribution in [-0.4, -0.2) is 18.0 Å². The molecule has 0 atom stereocenters. The van der Waals surface area contributed by atoms with Crippen molar-refractivity contribution in [3.8, 4) is 11.3 Å². The van der Waals surface area contributed by atoms with Crippen molar-refractivity contribution >= 4 is 55.7 Å². The van der Waals surface area contributed by atoms with Crippen LogP contribution in [0.2, 0.25) is 19.6 Å². The third-order valence-electron chi connectivity index (χ3n) is 6.87. The summed E-state index contributed by atoms with van der Waals surface area (Å²) in [5.74, 6) is 0.438. The highest BCUT2D eigenvalue weighted by Crippen LogP contribution is 2.41. The lowest BCUT2D eigenvalue weighted by Gasteiger charge is -2.20. The van der Waals surface area contributed by atoms with E-state index in [1.165, 1.54) is 47.4 Å². The van der Waals surface area contributed by atoms with E-state index in [4.69, 9.17) is 9.97 Å². The van der Waals surface area contributed by atoms with Gasteiger partial charge in [-0.3, -0.25) is 0 Å². The minimum atomic E-state index is -1.38. The maximum Gasteiger partial charge on any atom is 0.116 e. The Labute approximate surface area is 208 Å². The van der Waals surface area contributed by atoms with E-state index in [0.29, 0.717) is 5.92 Å². The Balaban J connectivity index is 1.75. The molecule has 0 amide bonds. The molecule has 0 radical (unpaired) electrons. The number of aromatic nitrogens is 2. The molecule has 0 spiro atoms. The van der Waals surface area contributed by atoms with Crippen LogP contribution in [0.15, 0.2) is 54.9 Å². The fourth-order valence-electron chi connectivity index (χ4n) is 4.71. The predicted molar refractivity (Wildman–Crippen MR) is 154 cm³/mol. The molecule has 0 aliphatic carbocycles. The van der Waals surface area contributed by atoms with Gasteiger partial charge in [-0.15, -0.1) is 11.3 Å². The number of nitrogens with zero attached hydrogens (tertiary/aromatic N) is 2. The average molecular weight is 483 g/mol. The van der Waals surface area contributed by atoms with E-state index in [1.807, 2.05) is 11.3 Å². The van der Waals surface area contributed by atoms with Gasteiger partial charge in [-0.05, 0) is 51.4 Å². The Kier molecular flexibility index (Phi) is 5.45. The SMILES string of the molecule is CC(C)c1cc(-c2ncnc3c2sc2cc(C(C)(C)C)ccc23)cc2ccc([Si](C)(C)C)cc12. The highest BCUT2D eigenvalue weighted by atomic mass is 32.1. The Bertz CT molecular complexity index is 1550. The number of hydrogen-bond donors (Lipinski definition) is 0. The highest BCUT2D eigenvalue weighted by Gasteiger charge is 2.20. The summed E-state index contributed by atoms with van der Waals surface area (Å²) in [6.45, 7) is 18.6. The first-order chi connectivity index (χ1) is 15.9. The summed E-state index contributed by atoms with van der Waals surface area (Å²) in [6, 6.07) is 18.6. The number of fused-ring (bicyclic) bond motifs is 4. The van der Waals surface area contributed by atoms with Gasteiger partial charge in [-0.25, -0.2) is 9.97 Å². The van der Waals surface area contributed by atoms with Gasteiger partial charge in [0.1, 0.15) is 6.33 Å². The Morgan fingerprint density at radius 2 is 1.62 bits per heavy atom. The van der Waals surface area contributed by atoms with Crippen molar-refractivity contribution in [2.45, 2.75) is 65.6 Å². The molecule has 0 N–H and O–H groups in total. The quantitative estimate of drug-likeness (QED) is 0.240. The topological polar surface area (TPSA) is 25.8 Å². The van der Waals surface area contributed by atoms with Crippen LogP contribution >= 0.6 is 11.3 Å². The summed E-state index contributed by atoms with van der Waals surface area (Å²) < 4.78 is 2.46. The average Bonchev–Trinajstić information content (AvgIpc) is 3.14. The van der Waals surface area contributed by atoms with E-state index in [-0.39, 0.29) is 5.41 Å². The summed E-state index contributed by atoms with van der Waals surface area (Å²) >= 11 is 1.82. The summed E-state index contributed by atoms with van der Waals surface area (Å²) in [6.07, 6.45) is 1.73. The zero-order valence-electron chi connectivity index (χ0n) is 21.6. The summed E-state index contributed by atoms with van der Waals surface area (Å²) in [5, 5.41) is 5.42. The maximum absolute atomic E-state index is 4.81. The number of thiophene rings is 1. The van der Waals surface area contributed by atoms with E-state index < -0.39 is 8.07 Å². The van der Waals surface area contributed by atoms with Crippen molar-refractivity contribution < 1.29 is 0 Å². The lowest BCUT2D eigenvalue weighted by molar-refractivity contribution is 0.591. The second-order valence-electron chi connectivity index (χ2n) is 11.9. The van der Waals surface area contributed by atoms with Gasteiger partial charge >= 0.3 is 0 Å². The molecule has 174 valence electrons. The smallest absolute Gasteiger partial charge is 0.116 e. The molecule has 4 heteroatoms. The summed E-state index contributed by atoms with van der Waals surface area (Å²) in [7, 11) is -1.38. The van der Waals surface area contributed by atoms with Crippen molar-refractivity contribution in [3.05, 3.63) is 66.0 Å². The highest BCUT2D eigenvalue weighted by molar-refractivity contribution is 7.26. The van der Waals surface area contributed by atoms with Crippen LogP contribution in [0.3, 0.4) is 0 Å². The molecule has 0 saturated heterocycles. The van der Waals surface area contributed by atoms with Crippen LogP contribution < -0.4 is 5.19 Å². The van der Waals surface area contributed by atoms with Crippen molar-refractivity contribution in [2.24, 2.45) is 0 Å². The second-order valence-corrected chi connectivity index (χ2v) is 18.0. The molecule has 5 rings (SSSR count). The van der Waals surface area contributed by atoms with Gasteiger partial charge in [-0.1, -0.05) is 89.8 Å². The van der Waals surface area contributed by atoms with Crippen molar-refractivity contribution in [1.29, 1.82) is 0 Å². The lowest BCUT2D eigenvalue weighted by atomic mass is 9.87. The normalized spacial score (nSPS) is 13.0. The van der Waals surface area contributed by atoms with Crippen LogP contribution in [-0.2, 0) is 5.41 Å². The fourth-order valence-corrected chi connectivity index (χ4v) is 7.08. The molecule has 2 heterocycles. The van der Waals surface area contributed by atoms with Gasteiger partial charge in [0, 0.05) is 15.6 Å². The van der Waals surface area contributed by atoms with Crippen molar-refractivity contribution in [3.63, 3.8) is 0 Å². The lowest BCUT2D eigenvalue weighted by Crippen LogP contribution is -2.37. The molecule has 0 bridgehead atoms. The summed E-state index contributed by atoms with van der Waals surface area (Å²) in [5.41, 5.74) is 6.17. The van der Waals surface area contributed by atoms with Crippen LogP contribution in [0, 0.1) is 0 Å². The molecule has 0 fully saturated rings. The molecule has 0 saturated carbocycles. The molecule has 0 aliphatic rings. The Hall–Kier alpha value is -2.56. The second kappa shape index (κ2) is 7.99. The fraction of sp³-hybridized carbons (Fsp3) is 0.333. The largest absolute Gasteiger partial charge is 0.235 e. The Morgan fingerprint density at radius 1 is 0.853 bits per heavy atom. The zero-order chi connectivity index (χ0) is 24.4. The monoisotopic (exact) mass is 482 g/mol. The first-order valence-corrected chi connectivity index (χ1v) is 16.5. The van der Waals surface area contributed by atoms with Gasteiger partial charge in [0.05, 0.1) is 24.0 Å². The number of benzene rings is 3. The number of rotatable bonds is 3. The number of hydrogen-bond acceptors (Lipinski definition) is 3. The molecule has 2 aromatic heterocycles.